The molecule has 0 saturated carbocycles. The molecule has 3 rings (SSSR count). The lowest BCUT2D eigenvalue weighted by molar-refractivity contribution is 0.122. The fourth-order valence-electron chi connectivity index (χ4n) is 1.96. The molecule has 0 amide bonds. The fourth-order valence-corrected chi connectivity index (χ4v) is 1.96. The van der Waals surface area contributed by atoms with E-state index in [2.05, 4.69) is 23.1 Å². The van der Waals surface area contributed by atoms with Gasteiger partial charge in [-0.1, -0.05) is 0 Å². The molecule has 3 heteroatoms. The van der Waals surface area contributed by atoms with Crippen LogP contribution in [-0.2, 0) is 4.74 Å². The Labute approximate surface area is 88.2 Å². The highest BCUT2D eigenvalue weighted by atomic mass is 16.5. The van der Waals surface area contributed by atoms with Crippen molar-refractivity contribution in [3.63, 3.8) is 0 Å². The Morgan fingerprint density at radius 1 is 1.07 bits per heavy atom. The highest BCUT2D eigenvalue weighted by molar-refractivity contribution is 5.81. The van der Waals surface area contributed by atoms with Crippen LogP contribution in [0, 0.1) is 0 Å². The quantitative estimate of drug-likeness (QED) is 0.711. The summed E-state index contributed by atoms with van der Waals surface area (Å²) in [5, 5.41) is 1.16. The lowest BCUT2D eigenvalue weighted by Gasteiger charge is -2.28. The number of morpholine rings is 1. The number of hydrogen-bond acceptors (Lipinski definition) is 3. The molecule has 3 nitrogen and oxygen atoms in total. The summed E-state index contributed by atoms with van der Waals surface area (Å²) in [5.74, 6) is 0. The van der Waals surface area contributed by atoms with Gasteiger partial charge in [-0.3, -0.25) is 0 Å². The van der Waals surface area contributed by atoms with Crippen molar-refractivity contribution in [2.24, 2.45) is 0 Å². The molecule has 1 fully saturated rings. The zero-order valence-electron chi connectivity index (χ0n) is 8.48. The average molecular weight is 203 g/mol. The normalized spacial score (nSPS) is 17.2. The molecule has 1 aliphatic heterocycles. The van der Waals surface area contributed by atoms with Gasteiger partial charge < -0.3 is 14.1 Å². The van der Waals surface area contributed by atoms with E-state index in [1.165, 1.54) is 5.69 Å². The van der Waals surface area contributed by atoms with Crippen molar-refractivity contribution < 1.29 is 9.15 Å². The van der Waals surface area contributed by atoms with Crippen molar-refractivity contribution in [2.75, 3.05) is 31.2 Å². The van der Waals surface area contributed by atoms with Gasteiger partial charge in [-0.25, -0.2) is 0 Å². The van der Waals surface area contributed by atoms with E-state index in [9.17, 15) is 0 Å². The molecular formula is C12H13NO2. The maximum atomic E-state index is 5.39. The number of benzene rings is 1. The van der Waals surface area contributed by atoms with Crippen LogP contribution in [0.5, 0.6) is 0 Å². The first kappa shape index (κ1) is 8.80. The number of fused-ring (bicyclic) bond motifs is 1. The third-order valence-corrected chi connectivity index (χ3v) is 2.82. The standard InChI is InChI=1S/C12H13NO2/c1-2-11(13-4-7-14-8-5-13)9-12-10(1)3-6-15-12/h1-3,6,9H,4-5,7-8H2. The van der Waals surface area contributed by atoms with Gasteiger partial charge in [0.2, 0.25) is 0 Å². The molecule has 0 spiro atoms. The number of rotatable bonds is 1. The largest absolute Gasteiger partial charge is 0.464 e. The Morgan fingerprint density at radius 3 is 2.80 bits per heavy atom. The number of ether oxygens (including phenoxy) is 1. The number of anilines is 1. The molecule has 15 heavy (non-hydrogen) atoms. The zero-order chi connectivity index (χ0) is 10.1. The van der Waals surface area contributed by atoms with E-state index >= 15 is 0 Å². The Morgan fingerprint density at radius 2 is 1.93 bits per heavy atom. The van der Waals surface area contributed by atoms with Crippen molar-refractivity contribution in [2.45, 2.75) is 0 Å². The van der Waals surface area contributed by atoms with Gasteiger partial charge in [-0.15, -0.1) is 0 Å². The van der Waals surface area contributed by atoms with E-state index in [4.69, 9.17) is 9.15 Å². The van der Waals surface area contributed by atoms with E-state index in [1.807, 2.05) is 6.07 Å². The summed E-state index contributed by atoms with van der Waals surface area (Å²) >= 11 is 0. The predicted molar refractivity (Wildman–Crippen MR) is 59.2 cm³/mol. The summed E-state index contributed by atoms with van der Waals surface area (Å²) in [5.41, 5.74) is 2.18. The van der Waals surface area contributed by atoms with Gasteiger partial charge in [0.05, 0.1) is 19.5 Å². The number of hydrogen-bond donors (Lipinski definition) is 0. The molecule has 0 unspecified atom stereocenters. The van der Waals surface area contributed by atoms with Crippen LogP contribution in [-0.4, -0.2) is 26.3 Å². The molecule has 1 aliphatic rings. The molecule has 1 aromatic heterocycles. The van der Waals surface area contributed by atoms with Crippen LogP contribution >= 0.6 is 0 Å². The lowest BCUT2D eigenvalue weighted by atomic mass is 10.2. The van der Waals surface area contributed by atoms with Crippen molar-refractivity contribution >= 4 is 16.7 Å². The highest BCUT2D eigenvalue weighted by Crippen LogP contribution is 2.23. The Balaban J connectivity index is 1.95. The minimum absolute atomic E-state index is 0.816. The first-order valence-electron chi connectivity index (χ1n) is 5.23. The van der Waals surface area contributed by atoms with Crippen LogP contribution in [0.25, 0.3) is 11.0 Å². The Kier molecular flexibility index (Phi) is 2.10. The van der Waals surface area contributed by atoms with Crippen molar-refractivity contribution in [1.82, 2.24) is 0 Å². The molecule has 78 valence electrons. The van der Waals surface area contributed by atoms with Crippen LogP contribution in [0.4, 0.5) is 5.69 Å². The van der Waals surface area contributed by atoms with Gasteiger partial charge in [0, 0.05) is 30.2 Å². The summed E-state index contributed by atoms with van der Waals surface area (Å²) in [6, 6.07) is 8.33. The average Bonchev–Trinajstić information content (AvgIpc) is 2.77. The Bertz CT molecular complexity index is 457. The molecule has 2 aromatic rings. The summed E-state index contributed by atoms with van der Waals surface area (Å²) < 4.78 is 10.7. The maximum absolute atomic E-state index is 5.39. The highest BCUT2D eigenvalue weighted by Gasteiger charge is 2.11. The van der Waals surface area contributed by atoms with Gasteiger partial charge >= 0.3 is 0 Å². The molecule has 0 radical (unpaired) electrons. The summed E-state index contributed by atoms with van der Waals surface area (Å²) in [7, 11) is 0. The van der Waals surface area contributed by atoms with Crippen LogP contribution in [0.1, 0.15) is 0 Å². The topological polar surface area (TPSA) is 25.6 Å². The number of furan rings is 1. The first-order chi connectivity index (χ1) is 7.43. The van der Waals surface area contributed by atoms with Crippen LogP contribution < -0.4 is 4.90 Å². The van der Waals surface area contributed by atoms with Gasteiger partial charge in [-0.05, 0) is 18.2 Å². The van der Waals surface area contributed by atoms with Crippen molar-refractivity contribution in [1.29, 1.82) is 0 Å². The molecule has 0 aliphatic carbocycles. The van der Waals surface area contributed by atoms with E-state index in [-0.39, 0.29) is 0 Å². The monoisotopic (exact) mass is 203 g/mol. The second-order valence-corrected chi connectivity index (χ2v) is 3.74. The maximum Gasteiger partial charge on any atom is 0.135 e. The summed E-state index contributed by atoms with van der Waals surface area (Å²) in [4.78, 5) is 2.32. The minimum Gasteiger partial charge on any atom is -0.464 e. The van der Waals surface area contributed by atoms with Gasteiger partial charge in [-0.2, -0.15) is 0 Å². The zero-order valence-corrected chi connectivity index (χ0v) is 8.48. The predicted octanol–water partition coefficient (Wildman–Crippen LogP) is 2.27. The van der Waals surface area contributed by atoms with E-state index in [1.54, 1.807) is 6.26 Å². The second-order valence-electron chi connectivity index (χ2n) is 3.74. The SMILES string of the molecule is c1cc2ccc(N3CCOCC3)cc2o1. The summed E-state index contributed by atoms with van der Waals surface area (Å²) in [6.07, 6.45) is 1.73. The first-order valence-corrected chi connectivity index (χ1v) is 5.23. The van der Waals surface area contributed by atoms with Gasteiger partial charge in [0.1, 0.15) is 5.58 Å². The molecular weight excluding hydrogens is 190 g/mol. The van der Waals surface area contributed by atoms with Crippen LogP contribution in [0.2, 0.25) is 0 Å². The minimum atomic E-state index is 0.816. The van der Waals surface area contributed by atoms with E-state index < -0.39 is 0 Å². The second kappa shape index (κ2) is 3.59. The van der Waals surface area contributed by atoms with Crippen LogP contribution in [0.15, 0.2) is 34.9 Å². The molecule has 0 bridgehead atoms. The third-order valence-electron chi connectivity index (χ3n) is 2.82. The van der Waals surface area contributed by atoms with Crippen molar-refractivity contribution in [3.05, 3.63) is 30.5 Å². The third kappa shape index (κ3) is 1.59. The summed E-state index contributed by atoms with van der Waals surface area (Å²) in [6.45, 7) is 3.56. The Hall–Kier alpha value is -1.48. The fraction of sp³-hybridized carbons (Fsp3) is 0.333. The van der Waals surface area contributed by atoms with Crippen molar-refractivity contribution in [3.8, 4) is 0 Å². The smallest absolute Gasteiger partial charge is 0.135 e. The molecule has 1 aromatic carbocycles. The lowest BCUT2D eigenvalue weighted by Crippen LogP contribution is -2.36. The van der Waals surface area contributed by atoms with Gasteiger partial charge in [0.25, 0.3) is 0 Å². The van der Waals surface area contributed by atoms with Gasteiger partial charge in [0.15, 0.2) is 0 Å². The number of nitrogens with zero attached hydrogens (tertiary/aromatic N) is 1. The van der Waals surface area contributed by atoms with Crippen LogP contribution in [0.3, 0.4) is 0 Å². The molecule has 0 atom stereocenters. The molecule has 2 heterocycles. The van der Waals surface area contributed by atoms with E-state index in [0.717, 1.165) is 37.3 Å². The molecule has 0 N–H and O–H groups in total. The van der Waals surface area contributed by atoms with E-state index in [0.29, 0.717) is 0 Å². The molecule has 1 saturated heterocycles.